The zero-order chi connectivity index (χ0) is 23.9. The molecule has 0 saturated carbocycles. The third-order valence-corrected chi connectivity index (χ3v) is 6.93. The van der Waals surface area contributed by atoms with Crippen molar-refractivity contribution in [2.24, 2.45) is 5.92 Å². The molecule has 0 aromatic heterocycles. The van der Waals surface area contributed by atoms with Crippen molar-refractivity contribution in [2.75, 3.05) is 13.2 Å². The van der Waals surface area contributed by atoms with Gasteiger partial charge in [-0.15, -0.1) is 0 Å². The van der Waals surface area contributed by atoms with Gasteiger partial charge in [0.25, 0.3) is 0 Å². The molecule has 2 fully saturated rings. The molecule has 2 aliphatic heterocycles. The fourth-order valence-corrected chi connectivity index (χ4v) is 5.06. The van der Waals surface area contributed by atoms with E-state index in [2.05, 4.69) is 48.6 Å². The largest absolute Gasteiger partial charge is 0.374 e. The molecule has 184 valence electrons. The molecule has 0 aliphatic carbocycles. The molecular weight excluding hydrogens is 438 g/mol. The predicted octanol–water partition coefficient (Wildman–Crippen LogP) is 4.75. The van der Waals surface area contributed by atoms with Crippen molar-refractivity contribution >= 4 is 0 Å². The lowest BCUT2D eigenvalue weighted by molar-refractivity contribution is -0.230. The first kappa shape index (κ1) is 24.2. The first-order valence-corrected chi connectivity index (χ1v) is 12.6. The molecule has 3 aromatic rings. The summed E-state index contributed by atoms with van der Waals surface area (Å²) >= 11 is 0. The minimum Gasteiger partial charge on any atom is -0.374 e. The van der Waals surface area contributed by atoms with Crippen LogP contribution in [0, 0.1) is 5.92 Å². The topological polar surface area (TPSA) is 49.0 Å². The highest BCUT2D eigenvalue weighted by atomic mass is 16.6. The highest BCUT2D eigenvalue weighted by molar-refractivity contribution is 5.16. The van der Waals surface area contributed by atoms with E-state index in [1.54, 1.807) is 0 Å². The number of hydrogen-bond donors (Lipinski definition) is 1. The molecule has 6 atom stereocenters. The number of nitrogens with one attached hydrogen (secondary N) is 1. The monoisotopic (exact) mass is 473 g/mol. The maximum atomic E-state index is 6.65. The van der Waals surface area contributed by atoms with E-state index in [1.165, 1.54) is 0 Å². The summed E-state index contributed by atoms with van der Waals surface area (Å²) in [4.78, 5) is 0. The van der Waals surface area contributed by atoms with E-state index in [0.717, 1.165) is 23.2 Å². The lowest BCUT2D eigenvalue weighted by Gasteiger charge is -2.45. The second-order valence-electron chi connectivity index (χ2n) is 9.57. The predicted molar refractivity (Wildman–Crippen MR) is 136 cm³/mol. The highest BCUT2D eigenvalue weighted by Crippen LogP contribution is 2.34. The van der Waals surface area contributed by atoms with Crippen molar-refractivity contribution in [3.8, 4) is 0 Å². The summed E-state index contributed by atoms with van der Waals surface area (Å²) in [5, 5.41) is 3.65. The zero-order valence-corrected chi connectivity index (χ0v) is 20.3. The van der Waals surface area contributed by atoms with E-state index >= 15 is 0 Å². The highest BCUT2D eigenvalue weighted by Gasteiger charge is 2.51. The Morgan fingerprint density at radius 1 is 0.714 bits per heavy atom. The second kappa shape index (κ2) is 11.9. The molecule has 0 unspecified atom stereocenters. The van der Waals surface area contributed by atoms with Gasteiger partial charge in [-0.1, -0.05) is 97.9 Å². The molecule has 0 bridgehead atoms. The van der Waals surface area contributed by atoms with Crippen LogP contribution in [-0.2, 0) is 38.8 Å². The molecule has 2 aliphatic rings. The van der Waals surface area contributed by atoms with Gasteiger partial charge < -0.3 is 24.3 Å². The Balaban J connectivity index is 1.33. The van der Waals surface area contributed by atoms with Crippen LogP contribution in [-0.4, -0.2) is 43.6 Å². The minimum atomic E-state index is -0.256. The number of hydrogen-bond acceptors (Lipinski definition) is 5. The Morgan fingerprint density at radius 2 is 1.23 bits per heavy atom. The van der Waals surface area contributed by atoms with Gasteiger partial charge in [0.05, 0.1) is 38.6 Å². The smallest absolute Gasteiger partial charge is 0.114 e. The van der Waals surface area contributed by atoms with Crippen LogP contribution in [0.1, 0.15) is 23.6 Å². The van der Waals surface area contributed by atoms with Gasteiger partial charge in [0.1, 0.15) is 18.3 Å². The SMILES string of the molecule is C[C@@H]1CN[C@@H]2[C@@H](OCc3ccccc3)[C@H](OCc3ccccc3)[C@@H](COCc3ccccc3)O[C@@H]21. The number of rotatable bonds is 10. The fraction of sp³-hybridized carbons (Fsp3) is 0.400. The van der Waals surface area contributed by atoms with Crippen molar-refractivity contribution in [1.82, 2.24) is 5.32 Å². The van der Waals surface area contributed by atoms with Crippen molar-refractivity contribution in [1.29, 1.82) is 0 Å². The van der Waals surface area contributed by atoms with Crippen molar-refractivity contribution in [3.05, 3.63) is 108 Å². The van der Waals surface area contributed by atoms with E-state index in [4.69, 9.17) is 18.9 Å². The number of benzene rings is 3. The van der Waals surface area contributed by atoms with E-state index in [-0.39, 0.29) is 30.5 Å². The van der Waals surface area contributed by atoms with Gasteiger partial charge in [0.15, 0.2) is 0 Å². The van der Waals surface area contributed by atoms with E-state index in [1.807, 2.05) is 54.6 Å². The van der Waals surface area contributed by atoms with Crippen LogP contribution in [0.4, 0.5) is 0 Å². The van der Waals surface area contributed by atoms with Crippen LogP contribution in [0.5, 0.6) is 0 Å². The molecule has 2 heterocycles. The number of ether oxygens (including phenoxy) is 4. The van der Waals surface area contributed by atoms with Gasteiger partial charge in [0.2, 0.25) is 0 Å². The van der Waals surface area contributed by atoms with E-state index in [0.29, 0.717) is 32.3 Å². The first-order valence-electron chi connectivity index (χ1n) is 12.6. The molecule has 1 N–H and O–H groups in total. The van der Waals surface area contributed by atoms with Crippen LogP contribution in [0.2, 0.25) is 0 Å². The molecule has 0 radical (unpaired) electrons. The molecular formula is C30H35NO4. The Kier molecular flexibility index (Phi) is 8.24. The summed E-state index contributed by atoms with van der Waals surface area (Å²) in [6.07, 6.45) is -0.550. The average molecular weight is 474 g/mol. The molecule has 3 aromatic carbocycles. The maximum Gasteiger partial charge on any atom is 0.114 e. The van der Waals surface area contributed by atoms with Gasteiger partial charge in [-0.05, 0) is 22.6 Å². The average Bonchev–Trinajstić information content (AvgIpc) is 3.28. The van der Waals surface area contributed by atoms with Crippen LogP contribution in [0.3, 0.4) is 0 Å². The Hall–Kier alpha value is -2.54. The van der Waals surface area contributed by atoms with E-state index < -0.39 is 0 Å². The zero-order valence-electron chi connectivity index (χ0n) is 20.3. The summed E-state index contributed by atoms with van der Waals surface area (Å²) in [7, 11) is 0. The molecule has 0 amide bonds. The van der Waals surface area contributed by atoms with Crippen LogP contribution in [0.25, 0.3) is 0 Å². The molecule has 5 nitrogen and oxygen atoms in total. The third kappa shape index (κ3) is 6.18. The summed E-state index contributed by atoms with van der Waals surface area (Å²) < 4.78 is 26.0. The molecule has 5 heteroatoms. The summed E-state index contributed by atoms with van der Waals surface area (Å²) in [6.45, 7) is 5.18. The van der Waals surface area contributed by atoms with Gasteiger partial charge in [-0.3, -0.25) is 0 Å². The van der Waals surface area contributed by atoms with E-state index in [9.17, 15) is 0 Å². The number of fused-ring (bicyclic) bond motifs is 1. The minimum absolute atomic E-state index is 0.0673. The Bertz CT molecular complexity index is 1020. The molecule has 2 saturated heterocycles. The fourth-order valence-electron chi connectivity index (χ4n) is 5.06. The van der Waals surface area contributed by atoms with Crippen molar-refractivity contribution in [3.63, 3.8) is 0 Å². The second-order valence-corrected chi connectivity index (χ2v) is 9.57. The first-order chi connectivity index (χ1) is 17.3. The van der Waals surface area contributed by atoms with Crippen LogP contribution >= 0.6 is 0 Å². The summed E-state index contributed by atoms with van der Waals surface area (Å²) in [5.74, 6) is 0.398. The summed E-state index contributed by atoms with van der Waals surface area (Å²) in [5.41, 5.74) is 3.43. The molecule has 35 heavy (non-hydrogen) atoms. The molecule has 0 spiro atoms. The Labute approximate surface area is 208 Å². The van der Waals surface area contributed by atoms with Gasteiger partial charge in [-0.2, -0.15) is 0 Å². The normalized spacial score (nSPS) is 28.0. The maximum absolute atomic E-state index is 6.65. The quantitative estimate of drug-likeness (QED) is 0.461. The van der Waals surface area contributed by atoms with Crippen molar-refractivity contribution < 1.29 is 18.9 Å². The van der Waals surface area contributed by atoms with Crippen LogP contribution in [0.15, 0.2) is 91.0 Å². The van der Waals surface area contributed by atoms with Crippen LogP contribution < -0.4 is 5.32 Å². The lowest BCUT2D eigenvalue weighted by Crippen LogP contribution is -2.62. The lowest BCUT2D eigenvalue weighted by atomic mass is 9.90. The van der Waals surface area contributed by atoms with Gasteiger partial charge in [-0.25, -0.2) is 0 Å². The van der Waals surface area contributed by atoms with Gasteiger partial charge in [0, 0.05) is 6.54 Å². The third-order valence-electron chi connectivity index (χ3n) is 6.93. The van der Waals surface area contributed by atoms with Crippen molar-refractivity contribution in [2.45, 2.75) is 57.2 Å². The summed E-state index contributed by atoms with van der Waals surface area (Å²) in [6, 6.07) is 30.9. The Morgan fingerprint density at radius 3 is 1.80 bits per heavy atom. The molecule has 5 rings (SSSR count). The van der Waals surface area contributed by atoms with Gasteiger partial charge >= 0.3 is 0 Å². The standard InChI is InChI=1S/C30H35NO4/c1-22-17-31-27-28(22)35-26(21-32-18-23-11-5-2-6-12-23)29(33-19-24-13-7-3-8-14-24)30(27)34-20-25-15-9-4-10-16-25/h2-16,22,26-31H,17-21H2,1H3/t22-,26-,27+,28-,29-,30-/m1/s1.